The third kappa shape index (κ3) is 1.97. The van der Waals surface area contributed by atoms with Gasteiger partial charge in [-0.1, -0.05) is 18.2 Å². The molecule has 1 N–H and O–H groups in total. The number of carbonyl (C=O) groups excluding carboxylic acids is 2. The van der Waals surface area contributed by atoms with Gasteiger partial charge in [0.15, 0.2) is 0 Å². The SMILES string of the molecule is O=C1c2ccccc2C(=O)N1CC(O)c1cccs1. The molecule has 1 atom stereocenters. The van der Waals surface area contributed by atoms with Crippen molar-refractivity contribution in [2.45, 2.75) is 6.10 Å². The number of fused-ring (bicyclic) bond motifs is 1. The number of rotatable bonds is 3. The van der Waals surface area contributed by atoms with Crippen LogP contribution >= 0.6 is 11.3 Å². The maximum atomic E-state index is 12.1. The maximum Gasteiger partial charge on any atom is 0.261 e. The van der Waals surface area contributed by atoms with Crippen LogP contribution in [0.1, 0.15) is 31.7 Å². The minimum Gasteiger partial charge on any atom is -0.386 e. The molecule has 0 spiro atoms. The minimum absolute atomic E-state index is 0.00708. The first-order valence-corrected chi connectivity index (χ1v) is 6.73. The highest BCUT2D eigenvalue weighted by molar-refractivity contribution is 7.10. The van der Waals surface area contributed by atoms with Crippen LogP contribution < -0.4 is 0 Å². The van der Waals surface area contributed by atoms with Gasteiger partial charge in [-0.2, -0.15) is 0 Å². The standard InChI is InChI=1S/C14H11NO3S/c16-11(12-6-3-7-19-12)8-15-13(17)9-4-1-2-5-10(9)14(15)18/h1-7,11,16H,8H2. The highest BCUT2D eigenvalue weighted by Crippen LogP contribution is 2.26. The summed E-state index contributed by atoms with van der Waals surface area (Å²) in [6, 6.07) is 10.3. The van der Waals surface area contributed by atoms with E-state index in [1.807, 2.05) is 11.4 Å². The smallest absolute Gasteiger partial charge is 0.261 e. The fourth-order valence-electron chi connectivity index (χ4n) is 2.15. The third-order valence-corrected chi connectivity index (χ3v) is 4.08. The number of aliphatic hydroxyl groups is 1. The summed E-state index contributed by atoms with van der Waals surface area (Å²) in [5, 5.41) is 11.9. The van der Waals surface area contributed by atoms with E-state index in [4.69, 9.17) is 0 Å². The lowest BCUT2D eigenvalue weighted by molar-refractivity contribution is 0.0547. The number of benzene rings is 1. The molecule has 0 saturated heterocycles. The van der Waals surface area contributed by atoms with E-state index in [2.05, 4.69) is 0 Å². The number of carbonyl (C=O) groups is 2. The first-order valence-electron chi connectivity index (χ1n) is 5.85. The Bertz CT molecular complexity index is 601. The van der Waals surface area contributed by atoms with Crippen LogP contribution in [0.15, 0.2) is 41.8 Å². The quantitative estimate of drug-likeness (QED) is 0.871. The Morgan fingerprint density at radius 2 is 1.68 bits per heavy atom. The summed E-state index contributed by atoms with van der Waals surface area (Å²) >= 11 is 1.40. The number of hydrogen-bond donors (Lipinski definition) is 1. The second kappa shape index (κ2) is 4.60. The highest BCUT2D eigenvalue weighted by atomic mass is 32.1. The molecule has 0 fully saturated rings. The van der Waals surface area contributed by atoms with Crippen LogP contribution in [-0.4, -0.2) is 28.4 Å². The predicted octanol–water partition coefficient (Wildman–Crippen LogP) is 2.08. The van der Waals surface area contributed by atoms with E-state index in [1.165, 1.54) is 11.3 Å². The van der Waals surface area contributed by atoms with E-state index in [0.29, 0.717) is 11.1 Å². The Kier molecular flexibility index (Phi) is 2.93. The summed E-state index contributed by atoms with van der Waals surface area (Å²) in [5.41, 5.74) is 0.816. The number of β-amino-alcohol motifs (C(OH)–C–C–N with tert-alkyl or cyclic N) is 1. The van der Waals surface area contributed by atoms with Gasteiger partial charge in [-0.05, 0) is 23.6 Å². The molecule has 3 rings (SSSR count). The molecule has 4 nitrogen and oxygen atoms in total. The number of hydrogen-bond acceptors (Lipinski definition) is 4. The molecule has 96 valence electrons. The topological polar surface area (TPSA) is 57.6 Å². The Morgan fingerprint density at radius 1 is 1.05 bits per heavy atom. The summed E-state index contributed by atoms with van der Waals surface area (Å²) < 4.78 is 0. The summed E-state index contributed by atoms with van der Waals surface area (Å²) in [7, 11) is 0. The van der Waals surface area contributed by atoms with E-state index in [1.54, 1.807) is 30.3 Å². The van der Waals surface area contributed by atoms with Gasteiger partial charge >= 0.3 is 0 Å². The van der Waals surface area contributed by atoms with Crippen molar-refractivity contribution in [1.29, 1.82) is 0 Å². The molecule has 5 heteroatoms. The molecule has 1 unspecified atom stereocenters. The zero-order valence-electron chi connectivity index (χ0n) is 9.95. The Balaban J connectivity index is 1.85. The average Bonchev–Trinajstić information content (AvgIpc) is 3.03. The lowest BCUT2D eigenvalue weighted by Crippen LogP contribution is -2.33. The van der Waals surface area contributed by atoms with E-state index in [9.17, 15) is 14.7 Å². The third-order valence-electron chi connectivity index (χ3n) is 3.11. The second-order valence-electron chi connectivity index (χ2n) is 4.30. The van der Waals surface area contributed by atoms with Crippen molar-refractivity contribution in [3.63, 3.8) is 0 Å². The molecular weight excluding hydrogens is 262 g/mol. The van der Waals surface area contributed by atoms with Gasteiger partial charge in [-0.3, -0.25) is 14.5 Å². The molecule has 0 bridgehead atoms. The van der Waals surface area contributed by atoms with Crippen molar-refractivity contribution in [3.8, 4) is 0 Å². The average molecular weight is 273 g/mol. The number of aliphatic hydroxyl groups excluding tert-OH is 1. The van der Waals surface area contributed by atoms with Crippen molar-refractivity contribution in [1.82, 2.24) is 4.90 Å². The van der Waals surface area contributed by atoms with Crippen molar-refractivity contribution in [2.75, 3.05) is 6.54 Å². The van der Waals surface area contributed by atoms with Gasteiger partial charge in [0.2, 0.25) is 0 Å². The molecule has 0 radical (unpaired) electrons. The van der Waals surface area contributed by atoms with Crippen molar-refractivity contribution >= 4 is 23.2 Å². The molecule has 1 aromatic heterocycles. The zero-order valence-corrected chi connectivity index (χ0v) is 10.8. The van der Waals surface area contributed by atoms with E-state index in [0.717, 1.165) is 9.78 Å². The van der Waals surface area contributed by atoms with Crippen LogP contribution in [-0.2, 0) is 0 Å². The Labute approximate surface area is 113 Å². The molecule has 1 aliphatic rings. The number of nitrogens with zero attached hydrogens (tertiary/aromatic N) is 1. The van der Waals surface area contributed by atoms with E-state index in [-0.39, 0.29) is 18.4 Å². The monoisotopic (exact) mass is 273 g/mol. The van der Waals surface area contributed by atoms with Gasteiger partial charge in [0, 0.05) is 4.88 Å². The summed E-state index contributed by atoms with van der Waals surface area (Å²) in [6.45, 7) is -0.00708. The lowest BCUT2D eigenvalue weighted by Gasteiger charge is -2.17. The molecule has 19 heavy (non-hydrogen) atoms. The van der Waals surface area contributed by atoms with Gasteiger partial charge in [0.05, 0.1) is 17.7 Å². The minimum atomic E-state index is -0.831. The van der Waals surface area contributed by atoms with Gasteiger partial charge in [-0.25, -0.2) is 0 Å². The predicted molar refractivity (Wildman–Crippen MR) is 71.1 cm³/mol. The lowest BCUT2D eigenvalue weighted by atomic mass is 10.1. The number of thiophene rings is 1. The number of amides is 2. The molecule has 0 saturated carbocycles. The van der Waals surface area contributed by atoms with Gasteiger partial charge < -0.3 is 5.11 Å². The van der Waals surface area contributed by atoms with Crippen LogP contribution in [0.3, 0.4) is 0 Å². The van der Waals surface area contributed by atoms with E-state index < -0.39 is 6.10 Å². The molecule has 0 aliphatic carbocycles. The molecule has 1 aliphatic heterocycles. The summed E-state index contributed by atoms with van der Waals surface area (Å²) in [5.74, 6) is -0.674. The fraction of sp³-hybridized carbons (Fsp3) is 0.143. The van der Waals surface area contributed by atoms with E-state index >= 15 is 0 Å². The normalized spacial score (nSPS) is 15.7. The fourth-order valence-corrected chi connectivity index (χ4v) is 2.85. The summed E-state index contributed by atoms with van der Waals surface area (Å²) in [6.07, 6.45) is -0.831. The maximum absolute atomic E-state index is 12.1. The summed E-state index contributed by atoms with van der Waals surface area (Å²) in [4.78, 5) is 26.1. The molecule has 2 amide bonds. The largest absolute Gasteiger partial charge is 0.386 e. The van der Waals surface area contributed by atoms with Gasteiger partial charge in [0.1, 0.15) is 6.10 Å². The van der Waals surface area contributed by atoms with Crippen molar-refractivity contribution in [3.05, 3.63) is 57.8 Å². The second-order valence-corrected chi connectivity index (χ2v) is 5.28. The number of imide groups is 1. The molecule has 2 aromatic rings. The van der Waals surface area contributed by atoms with Crippen molar-refractivity contribution in [2.24, 2.45) is 0 Å². The van der Waals surface area contributed by atoms with Crippen LogP contribution in [0.5, 0.6) is 0 Å². The zero-order chi connectivity index (χ0) is 13.4. The van der Waals surface area contributed by atoms with Gasteiger partial charge in [0.25, 0.3) is 11.8 Å². The first-order chi connectivity index (χ1) is 9.18. The highest BCUT2D eigenvalue weighted by Gasteiger charge is 2.36. The first kappa shape index (κ1) is 12.1. The molecule has 1 aromatic carbocycles. The Hall–Kier alpha value is -1.98. The van der Waals surface area contributed by atoms with Crippen LogP contribution in [0, 0.1) is 0 Å². The van der Waals surface area contributed by atoms with Crippen LogP contribution in [0.2, 0.25) is 0 Å². The van der Waals surface area contributed by atoms with Crippen LogP contribution in [0.4, 0.5) is 0 Å². The molecular formula is C14H11NO3S. The molecule has 2 heterocycles. The van der Waals surface area contributed by atoms with Gasteiger partial charge in [-0.15, -0.1) is 11.3 Å². The van der Waals surface area contributed by atoms with Crippen molar-refractivity contribution < 1.29 is 14.7 Å². The van der Waals surface area contributed by atoms with Crippen LogP contribution in [0.25, 0.3) is 0 Å². The Morgan fingerprint density at radius 3 is 2.21 bits per heavy atom.